The molecule has 3 heteroatoms. The van der Waals surface area contributed by atoms with Gasteiger partial charge in [-0.3, -0.25) is 0 Å². The molecule has 0 spiro atoms. The van der Waals surface area contributed by atoms with E-state index in [1.54, 1.807) is 7.11 Å². The monoisotopic (exact) mass is 327 g/mol. The molecule has 0 saturated carbocycles. The molecular weight excluding hydrogens is 302 g/mol. The maximum Gasteiger partial charge on any atom is 0.122 e. The summed E-state index contributed by atoms with van der Waals surface area (Å²) in [5.74, 6) is 1.74. The van der Waals surface area contributed by atoms with Crippen molar-refractivity contribution < 1.29 is 4.74 Å². The second-order valence-electron chi connectivity index (χ2n) is 5.39. The standard InChI is InChI=1S/C16H26BrNO/c1-5-18-15(8-6-12(2)3)11-13-10-14(17)7-9-16(13)19-4/h7,9-10,12,15,18H,5-6,8,11H2,1-4H3. The molecular formula is C16H26BrNO. The molecule has 1 rings (SSSR count). The molecule has 0 aliphatic carbocycles. The van der Waals surface area contributed by atoms with E-state index in [0.717, 1.165) is 29.1 Å². The molecule has 0 saturated heterocycles. The maximum atomic E-state index is 5.46. The van der Waals surface area contributed by atoms with E-state index in [0.29, 0.717) is 6.04 Å². The molecule has 0 radical (unpaired) electrons. The third kappa shape index (κ3) is 5.96. The van der Waals surface area contributed by atoms with Crippen LogP contribution < -0.4 is 10.1 Å². The van der Waals surface area contributed by atoms with Gasteiger partial charge in [0.2, 0.25) is 0 Å². The van der Waals surface area contributed by atoms with Gasteiger partial charge in [0.05, 0.1) is 7.11 Å². The smallest absolute Gasteiger partial charge is 0.122 e. The highest BCUT2D eigenvalue weighted by Crippen LogP contribution is 2.25. The summed E-state index contributed by atoms with van der Waals surface area (Å²) in [5, 5.41) is 3.59. The van der Waals surface area contributed by atoms with E-state index in [4.69, 9.17) is 4.74 Å². The minimum atomic E-state index is 0.524. The number of likely N-dealkylation sites (N-methyl/N-ethyl adjacent to an activating group) is 1. The molecule has 0 aromatic heterocycles. The first-order valence-corrected chi connectivity index (χ1v) is 7.91. The number of rotatable bonds is 8. The van der Waals surface area contributed by atoms with Crippen LogP contribution in [0.4, 0.5) is 0 Å². The van der Waals surface area contributed by atoms with Crippen molar-refractivity contribution in [1.29, 1.82) is 0 Å². The molecule has 1 N–H and O–H groups in total. The predicted molar refractivity (Wildman–Crippen MR) is 85.9 cm³/mol. The van der Waals surface area contributed by atoms with Crippen molar-refractivity contribution in [3.63, 3.8) is 0 Å². The van der Waals surface area contributed by atoms with Crippen molar-refractivity contribution in [2.75, 3.05) is 13.7 Å². The lowest BCUT2D eigenvalue weighted by molar-refractivity contribution is 0.397. The van der Waals surface area contributed by atoms with Crippen LogP contribution in [-0.2, 0) is 6.42 Å². The summed E-state index contributed by atoms with van der Waals surface area (Å²) in [4.78, 5) is 0. The van der Waals surface area contributed by atoms with E-state index in [2.05, 4.69) is 48.1 Å². The van der Waals surface area contributed by atoms with Gasteiger partial charge < -0.3 is 10.1 Å². The average molecular weight is 328 g/mol. The first kappa shape index (κ1) is 16.5. The number of ether oxygens (including phenoxy) is 1. The minimum absolute atomic E-state index is 0.524. The molecule has 0 heterocycles. The van der Waals surface area contributed by atoms with Gasteiger partial charge in [-0.1, -0.05) is 36.7 Å². The van der Waals surface area contributed by atoms with Crippen LogP contribution in [0.2, 0.25) is 0 Å². The molecule has 0 bridgehead atoms. The van der Waals surface area contributed by atoms with Crippen molar-refractivity contribution in [3.8, 4) is 5.75 Å². The Labute approximate surface area is 126 Å². The Hall–Kier alpha value is -0.540. The Morgan fingerprint density at radius 2 is 2.00 bits per heavy atom. The van der Waals surface area contributed by atoms with Gasteiger partial charge in [0.15, 0.2) is 0 Å². The number of methoxy groups -OCH3 is 1. The number of hydrogen-bond donors (Lipinski definition) is 1. The lowest BCUT2D eigenvalue weighted by atomic mass is 9.97. The fraction of sp³-hybridized carbons (Fsp3) is 0.625. The minimum Gasteiger partial charge on any atom is -0.496 e. The summed E-state index contributed by atoms with van der Waals surface area (Å²) >= 11 is 3.54. The lowest BCUT2D eigenvalue weighted by Crippen LogP contribution is -2.31. The van der Waals surface area contributed by atoms with Gasteiger partial charge in [-0.05, 0) is 55.5 Å². The number of hydrogen-bond acceptors (Lipinski definition) is 2. The van der Waals surface area contributed by atoms with Crippen molar-refractivity contribution in [1.82, 2.24) is 5.32 Å². The van der Waals surface area contributed by atoms with Crippen molar-refractivity contribution in [2.24, 2.45) is 5.92 Å². The van der Waals surface area contributed by atoms with Crippen molar-refractivity contribution >= 4 is 15.9 Å². The second-order valence-corrected chi connectivity index (χ2v) is 6.30. The zero-order valence-corrected chi connectivity index (χ0v) is 14.1. The van der Waals surface area contributed by atoms with Crippen LogP contribution in [-0.4, -0.2) is 19.7 Å². The van der Waals surface area contributed by atoms with E-state index >= 15 is 0 Å². The molecule has 108 valence electrons. The molecule has 1 atom stereocenters. The molecule has 1 unspecified atom stereocenters. The predicted octanol–water partition coefficient (Wildman–Crippen LogP) is 4.41. The van der Waals surface area contributed by atoms with E-state index < -0.39 is 0 Å². The van der Waals surface area contributed by atoms with Gasteiger partial charge in [0, 0.05) is 10.5 Å². The van der Waals surface area contributed by atoms with Gasteiger partial charge in [-0.15, -0.1) is 0 Å². The normalized spacial score (nSPS) is 12.7. The first-order chi connectivity index (χ1) is 9.06. The van der Waals surface area contributed by atoms with E-state index in [1.807, 2.05) is 12.1 Å². The zero-order valence-electron chi connectivity index (χ0n) is 12.5. The largest absolute Gasteiger partial charge is 0.496 e. The Morgan fingerprint density at radius 3 is 2.58 bits per heavy atom. The Bertz CT molecular complexity index is 379. The Morgan fingerprint density at radius 1 is 1.26 bits per heavy atom. The molecule has 1 aromatic carbocycles. The molecule has 0 amide bonds. The third-order valence-corrected chi connectivity index (χ3v) is 3.79. The summed E-state index contributed by atoms with van der Waals surface area (Å²) in [6, 6.07) is 6.75. The topological polar surface area (TPSA) is 21.3 Å². The second kappa shape index (κ2) is 8.60. The average Bonchev–Trinajstić information content (AvgIpc) is 2.36. The van der Waals surface area contributed by atoms with Gasteiger partial charge in [-0.2, -0.15) is 0 Å². The number of benzene rings is 1. The van der Waals surface area contributed by atoms with Crippen LogP contribution in [0.25, 0.3) is 0 Å². The Kier molecular flexibility index (Phi) is 7.47. The van der Waals surface area contributed by atoms with E-state index in [-0.39, 0.29) is 0 Å². The summed E-state index contributed by atoms with van der Waals surface area (Å²) in [5.41, 5.74) is 1.27. The lowest BCUT2D eigenvalue weighted by Gasteiger charge is -2.20. The highest BCUT2D eigenvalue weighted by atomic mass is 79.9. The van der Waals surface area contributed by atoms with Crippen LogP contribution in [0.5, 0.6) is 5.75 Å². The van der Waals surface area contributed by atoms with Gasteiger partial charge >= 0.3 is 0 Å². The maximum absolute atomic E-state index is 5.46. The van der Waals surface area contributed by atoms with Crippen LogP contribution in [0.1, 0.15) is 39.2 Å². The zero-order chi connectivity index (χ0) is 14.3. The quantitative estimate of drug-likeness (QED) is 0.763. The summed E-state index contributed by atoms with van der Waals surface area (Å²) < 4.78 is 6.57. The van der Waals surface area contributed by atoms with Crippen LogP contribution in [0, 0.1) is 5.92 Å². The van der Waals surface area contributed by atoms with Crippen molar-refractivity contribution in [2.45, 2.75) is 46.1 Å². The molecule has 0 aliphatic rings. The summed E-state index contributed by atoms with van der Waals surface area (Å²) in [6.45, 7) is 7.74. The fourth-order valence-electron chi connectivity index (χ4n) is 2.27. The molecule has 0 fully saturated rings. The molecule has 1 aromatic rings. The molecule has 2 nitrogen and oxygen atoms in total. The summed E-state index contributed by atoms with van der Waals surface area (Å²) in [6.07, 6.45) is 3.48. The highest BCUT2D eigenvalue weighted by molar-refractivity contribution is 9.10. The fourth-order valence-corrected chi connectivity index (χ4v) is 2.68. The van der Waals surface area contributed by atoms with Crippen LogP contribution in [0.15, 0.2) is 22.7 Å². The first-order valence-electron chi connectivity index (χ1n) is 7.12. The van der Waals surface area contributed by atoms with E-state index in [1.165, 1.54) is 18.4 Å². The van der Waals surface area contributed by atoms with Gasteiger partial charge in [0.1, 0.15) is 5.75 Å². The van der Waals surface area contributed by atoms with Crippen LogP contribution in [0.3, 0.4) is 0 Å². The van der Waals surface area contributed by atoms with Gasteiger partial charge in [0.25, 0.3) is 0 Å². The highest BCUT2D eigenvalue weighted by Gasteiger charge is 2.13. The molecule has 0 aliphatic heterocycles. The van der Waals surface area contributed by atoms with E-state index in [9.17, 15) is 0 Å². The van der Waals surface area contributed by atoms with Gasteiger partial charge in [-0.25, -0.2) is 0 Å². The third-order valence-electron chi connectivity index (χ3n) is 3.29. The van der Waals surface area contributed by atoms with Crippen molar-refractivity contribution in [3.05, 3.63) is 28.2 Å². The molecule has 19 heavy (non-hydrogen) atoms. The number of halogens is 1. The SMILES string of the molecule is CCNC(CCC(C)C)Cc1cc(Br)ccc1OC. The number of nitrogens with one attached hydrogen (secondary N) is 1. The summed E-state index contributed by atoms with van der Waals surface area (Å²) in [7, 11) is 1.74. The van der Waals surface area contributed by atoms with Crippen LogP contribution >= 0.6 is 15.9 Å². The Balaban J connectivity index is 2.74.